The highest BCUT2D eigenvalue weighted by molar-refractivity contribution is 7.18. The number of thiophene rings is 1. The summed E-state index contributed by atoms with van der Waals surface area (Å²) in [6, 6.07) is 3.70. The number of carbonyl (C=O) groups excluding carboxylic acids is 2. The molecule has 1 saturated carbocycles. The van der Waals surface area contributed by atoms with E-state index < -0.39 is 0 Å². The summed E-state index contributed by atoms with van der Waals surface area (Å²) in [6.45, 7) is 9.16. The first-order chi connectivity index (χ1) is 16.0. The molecule has 1 aromatic rings. The first-order valence-corrected chi connectivity index (χ1v) is 13.4. The maximum Gasteiger partial charge on any atom is 0.261 e. The zero-order valence-electron chi connectivity index (χ0n) is 19.8. The van der Waals surface area contributed by atoms with E-state index in [4.69, 9.17) is 4.74 Å². The van der Waals surface area contributed by atoms with Crippen LogP contribution in [0, 0.1) is 0 Å². The van der Waals surface area contributed by atoms with Gasteiger partial charge in [-0.05, 0) is 51.5 Å². The third-order valence-corrected chi connectivity index (χ3v) is 9.03. The first-order valence-electron chi connectivity index (χ1n) is 12.6. The van der Waals surface area contributed by atoms with Crippen molar-refractivity contribution < 1.29 is 14.3 Å². The topological polar surface area (TPSA) is 77.2 Å². The molecular formula is C24H37N5O3S. The highest BCUT2D eigenvalue weighted by Gasteiger charge is 2.36. The van der Waals surface area contributed by atoms with Gasteiger partial charge in [-0.3, -0.25) is 14.5 Å². The van der Waals surface area contributed by atoms with Crippen LogP contribution in [-0.2, 0) is 9.53 Å². The SMILES string of the molecule is CC(=O)N1CCN(C2CCC(NC(=O)c3cc4c(s3)NN(C3CCOCC3)C4C)CC2)CC1. The molecule has 0 aromatic carbocycles. The average molecular weight is 476 g/mol. The van der Waals surface area contributed by atoms with Crippen LogP contribution in [0.2, 0.25) is 0 Å². The molecule has 182 valence electrons. The summed E-state index contributed by atoms with van der Waals surface area (Å²) in [5, 5.41) is 6.77. The Bertz CT molecular complexity index is 854. The standard InChI is InChI=1S/C24H37N5O3S/c1-16-21-15-22(33-24(21)26-29(16)20-7-13-32-14-8-20)23(31)25-18-3-5-19(6-4-18)28-11-9-27(10-12-28)17(2)30/h15-16,18-20,26H,3-14H2,1-2H3,(H,25,31). The minimum absolute atomic E-state index is 0.0690. The summed E-state index contributed by atoms with van der Waals surface area (Å²) in [6.07, 6.45) is 6.39. The lowest BCUT2D eigenvalue weighted by atomic mass is 9.89. The number of amides is 2. The molecule has 1 aromatic heterocycles. The smallest absolute Gasteiger partial charge is 0.261 e. The number of carbonyl (C=O) groups is 2. The molecule has 0 radical (unpaired) electrons. The summed E-state index contributed by atoms with van der Waals surface area (Å²) in [7, 11) is 0. The molecule has 9 heteroatoms. The number of ether oxygens (including phenoxy) is 1. The van der Waals surface area contributed by atoms with Crippen LogP contribution in [0.4, 0.5) is 5.00 Å². The fourth-order valence-electron chi connectivity index (χ4n) is 5.89. The number of nitrogens with one attached hydrogen (secondary N) is 2. The summed E-state index contributed by atoms with van der Waals surface area (Å²) < 4.78 is 5.51. The molecule has 2 saturated heterocycles. The van der Waals surface area contributed by atoms with Gasteiger partial charge in [0.25, 0.3) is 5.91 Å². The van der Waals surface area contributed by atoms with Gasteiger partial charge in [0.2, 0.25) is 5.91 Å². The van der Waals surface area contributed by atoms with Crippen LogP contribution in [0.3, 0.4) is 0 Å². The molecule has 4 heterocycles. The van der Waals surface area contributed by atoms with Gasteiger partial charge in [0.05, 0.1) is 10.9 Å². The third kappa shape index (κ3) is 4.92. The number of hydrogen-bond acceptors (Lipinski definition) is 7. The van der Waals surface area contributed by atoms with Gasteiger partial charge in [0.1, 0.15) is 5.00 Å². The molecule has 5 rings (SSSR count). The van der Waals surface area contributed by atoms with Crippen molar-refractivity contribution in [2.24, 2.45) is 0 Å². The van der Waals surface area contributed by atoms with Crippen LogP contribution in [0.15, 0.2) is 6.07 Å². The monoisotopic (exact) mass is 475 g/mol. The number of hydrazine groups is 1. The van der Waals surface area contributed by atoms with Crippen molar-refractivity contribution in [2.75, 3.05) is 44.8 Å². The van der Waals surface area contributed by atoms with E-state index in [1.54, 1.807) is 18.3 Å². The molecule has 8 nitrogen and oxygen atoms in total. The largest absolute Gasteiger partial charge is 0.381 e. The van der Waals surface area contributed by atoms with E-state index in [1.165, 1.54) is 5.56 Å². The normalized spacial score (nSPS) is 29.5. The van der Waals surface area contributed by atoms with Gasteiger partial charge in [-0.15, -0.1) is 11.3 Å². The minimum atomic E-state index is 0.0690. The Hall–Kier alpha value is -1.68. The van der Waals surface area contributed by atoms with Crippen molar-refractivity contribution in [3.8, 4) is 0 Å². The maximum atomic E-state index is 13.0. The zero-order valence-corrected chi connectivity index (χ0v) is 20.7. The minimum Gasteiger partial charge on any atom is -0.381 e. The Morgan fingerprint density at radius 2 is 1.73 bits per heavy atom. The van der Waals surface area contributed by atoms with E-state index in [0.29, 0.717) is 12.1 Å². The van der Waals surface area contributed by atoms with Gasteiger partial charge in [0, 0.05) is 70.0 Å². The number of hydrogen-bond donors (Lipinski definition) is 2. The van der Waals surface area contributed by atoms with Crippen LogP contribution < -0.4 is 10.7 Å². The highest BCUT2D eigenvalue weighted by Crippen LogP contribution is 2.43. The van der Waals surface area contributed by atoms with Gasteiger partial charge in [-0.2, -0.15) is 0 Å². The second kappa shape index (κ2) is 9.90. The van der Waals surface area contributed by atoms with Crippen molar-refractivity contribution >= 4 is 28.2 Å². The van der Waals surface area contributed by atoms with E-state index in [-0.39, 0.29) is 23.9 Å². The van der Waals surface area contributed by atoms with Crippen molar-refractivity contribution in [3.63, 3.8) is 0 Å². The van der Waals surface area contributed by atoms with Gasteiger partial charge in [0.15, 0.2) is 0 Å². The van der Waals surface area contributed by atoms with Crippen molar-refractivity contribution in [1.82, 2.24) is 20.1 Å². The quantitative estimate of drug-likeness (QED) is 0.698. The molecular weight excluding hydrogens is 438 g/mol. The van der Waals surface area contributed by atoms with Crippen LogP contribution in [0.25, 0.3) is 0 Å². The fourth-order valence-corrected chi connectivity index (χ4v) is 6.95. The molecule has 3 fully saturated rings. The van der Waals surface area contributed by atoms with E-state index >= 15 is 0 Å². The summed E-state index contributed by atoms with van der Waals surface area (Å²) in [4.78, 5) is 29.8. The number of fused-ring (bicyclic) bond motifs is 1. The molecule has 1 aliphatic carbocycles. The van der Waals surface area contributed by atoms with Gasteiger partial charge >= 0.3 is 0 Å². The van der Waals surface area contributed by atoms with Gasteiger partial charge in [-0.1, -0.05) is 0 Å². The summed E-state index contributed by atoms with van der Waals surface area (Å²) in [5.41, 5.74) is 4.81. The number of anilines is 1. The highest BCUT2D eigenvalue weighted by atomic mass is 32.1. The van der Waals surface area contributed by atoms with Crippen LogP contribution in [-0.4, -0.2) is 84.1 Å². The molecule has 2 N–H and O–H groups in total. The summed E-state index contributed by atoms with van der Waals surface area (Å²) in [5.74, 6) is 0.251. The molecule has 0 bridgehead atoms. The Morgan fingerprint density at radius 1 is 1.03 bits per heavy atom. The number of piperazine rings is 1. The Morgan fingerprint density at radius 3 is 2.36 bits per heavy atom. The lowest BCUT2D eigenvalue weighted by molar-refractivity contribution is -0.131. The van der Waals surface area contributed by atoms with E-state index in [9.17, 15) is 9.59 Å². The third-order valence-electron chi connectivity index (χ3n) is 7.97. The number of nitrogens with zero attached hydrogens (tertiary/aromatic N) is 3. The fraction of sp³-hybridized carbons (Fsp3) is 0.750. The lowest BCUT2D eigenvalue weighted by Gasteiger charge is -2.41. The van der Waals surface area contributed by atoms with E-state index in [1.807, 2.05) is 4.90 Å². The van der Waals surface area contributed by atoms with Crippen molar-refractivity contribution in [2.45, 2.75) is 76.5 Å². The van der Waals surface area contributed by atoms with Crippen LogP contribution in [0.5, 0.6) is 0 Å². The second-order valence-electron chi connectivity index (χ2n) is 9.95. The molecule has 3 aliphatic heterocycles. The molecule has 4 aliphatic rings. The molecule has 2 amide bonds. The van der Waals surface area contributed by atoms with Crippen molar-refractivity contribution in [1.29, 1.82) is 0 Å². The maximum absolute atomic E-state index is 13.0. The average Bonchev–Trinajstić information content (AvgIpc) is 3.40. The van der Waals surface area contributed by atoms with Crippen LogP contribution >= 0.6 is 11.3 Å². The van der Waals surface area contributed by atoms with Gasteiger partial charge < -0.3 is 20.4 Å². The predicted molar refractivity (Wildman–Crippen MR) is 129 cm³/mol. The summed E-state index contributed by atoms with van der Waals surface area (Å²) >= 11 is 1.58. The zero-order chi connectivity index (χ0) is 22.9. The van der Waals surface area contributed by atoms with E-state index in [0.717, 1.165) is 87.8 Å². The van der Waals surface area contributed by atoms with Gasteiger partial charge in [-0.25, -0.2) is 5.01 Å². The Balaban J connectivity index is 1.10. The van der Waals surface area contributed by atoms with Crippen molar-refractivity contribution in [3.05, 3.63) is 16.5 Å². The Labute approximate surface area is 200 Å². The molecule has 1 unspecified atom stereocenters. The molecule has 1 atom stereocenters. The molecule has 33 heavy (non-hydrogen) atoms. The Kier molecular flexibility index (Phi) is 6.92. The predicted octanol–water partition coefficient (Wildman–Crippen LogP) is 2.84. The first kappa shape index (κ1) is 23.1. The number of rotatable bonds is 4. The van der Waals surface area contributed by atoms with E-state index in [2.05, 4.69) is 33.6 Å². The second-order valence-corrected chi connectivity index (χ2v) is 11.0. The van der Waals surface area contributed by atoms with Crippen LogP contribution in [0.1, 0.15) is 73.6 Å². The lowest BCUT2D eigenvalue weighted by Crippen LogP contribution is -2.53. The molecule has 0 spiro atoms.